The molecule has 2 aromatic heterocycles. The summed E-state index contributed by atoms with van der Waals surface area (Å²) in [5.74, 6) is -0.163. The number of carbonyl (C=O) groups is 3. The summed E-state index contributed by atoms with van der Waals surface area (Å²) < 4.78 is 15.7. The molecule has 0 saturated heterocycles. The third-order valence-corrected chi connectivity index (χ3v) is 6.24. The van der Waals surface area contributed by atoms with Crippen LogP contribution in [0.2, 0.25) is 0 Å². The van der Waals surface area contributed by atoms with Crippen molar-refractivity contribution in [2.45, 2.75) is 11.6 Å². The van der Waals surface area contributed by atoms with E-state index in [1.807, 2.05) is 17.5 Å². The molecule has 0 bridgehead atoms. The van der Waals surface area contributed by atoms with Crippen LogP contribution in [0.25, 0.3) is 0 Å². The maximum Gasteiger partial charge on any atom is 0.341 e. The average Bonchev–Trinajstić information content (AvgIpc) is 3.51. The van der Waals surface area contributed by atoms with Gasteiger partial charge in [-0.1, -0.05) is 17.8 Å². The van der Waals surface area contributed by atoms with Gasteiger partial charge in [-0.05, 0) is 35.7 Å². The number of anilines is 1. The van der Waals surface area contributed by atoms with Gasteiger partial charge in [0, 0.05) is 22.8 Å². The van der Waals surface area contributed by atoms with Crippen LogP contribution in [0.4, 0.5) is 5.69 Å². The van der Waals surface area contributed by atoms with Crippen molar-refractivity contribution >= 4 is 46.6 Å². The highest BCUT2D eigenvalue weighted by atomic mass is 32.2. The maximum atomic E-state index is 12.5. The van der Waals surface area contributed by atoms with E-state index in [4.69, 9.17) is 14.2 Å². The molecule has 0 radical (unpaired) electrons. The third-order valence-electron chi connectivity index (χ3n) is 4.36. The molecule has 0 atom stereocenters. The highest BCUT2D eigenvalue weighted by Crippen LogP contribution is 2.34. The van der Waals surface area contributed by atoms with E-state index in [-0.39, 0.29) is 24.0 Å². The van der Waals surface area contributed by atoms with E-state index in [1.54, 1.807) is 24.3 Å². The van der Waals surface area contributed by atoms with Crippen molar-refractivity contribution < 1.29 is 28.6 Å². The first-order valence-corrected chi connectivity index (χ1v) is 11.7. The number of nitrogens with one attached hydrogen (secondary N) is 2. The molecule has 2 amide bonds. The average molecular weight is 486 g/mol. The summed E-state index contributed by atoms with van der Waals surface area (Å²) >= 11 is 2.62. The van der Waals surface area contributed by atoms with Crippen LogP contribution in [0, 0.1) is 0 Å². The maximum absolute atomic E-state index is 12.5. The minimum absolute atomic E-state index is 0.0209. The summed E-state index contributed by atoms with van der Waals surface area (Å²) in [4.78, 5) is 41.9. The topological polar surface area (TPSA) is 116 Å². The lowest BCUT2D eigenvalue weighted by atomic mass is 10.3. The number of esters is 1. The Labute approximate surface area is 197 Å². The molecule has 170 valence electrons. The second-order valence-corrected chi connectivity index (χ2v) is 8.69. The Morgan fingerprint density at radius 2 is 1.97 bits per heavy atom. The van der Waals surface area contributed by atoms with E-state index in [2.05, 4.69) is 15.6 Å². The Balaban J connectivity index is 1.27. The Morgan fingerprint density at radius 1 is 1.09 bits per heavy atom. The first kappa shape index (κ1) is 22.6. The summed E-state index contributed by atoms with van der Waals surface area (Å²) in [6.07, 6.45) is 1.52. The number of ether oxygens (including phenoxy) is 3. The lowest BCUT2D eigenvalue weighted by Gasteiger charge is -2.09. The largest absolute Gasteiger partial charge is 0.454 e. The van der Waals surface area contributed by atoms with Gasteiger partial charge in [0.05, 0.1) is 17.9 Å². The van der Waals surface area contributed by atoms with Crippen LogP contribution < -0.4 is 20.1 Å². The van der Waals surface area contributed by atoms with E-state index in [1.165, 1.54) is 23.6 Å². The molecule has 3 aromatic rings. The number of hydrogen-bond acceptors (Lipinski definition) is 9. The summed E-state index contributed by atoms with van der Waals surface area (Å²) in [6, 6.07) is 12.0. The zero-order valence-corrected chi connectivity index (χ0v) is 18.9. The van der Waals surface area contributed by atoms with Crippen molar-refractivity contribution in [3.8, 4) is 11.5 Å². The number of carbonyl (C=O) groups excluding carboxylic acids is 3. The number of thiophene rings is 1. The van der Waals surface area contributed by atoms with Crippen LogP contribution >= 0.6 is 23.1 Å². The number of pyridine rings is 1. The number of nitrogens with zero attached hydrogens (tertiary/aromatic N) is 1. The molecular formula is C22H19N3O6S2. The van der Waals surface area contributed by atoms with Crippen LogP contribution in [-0.4, -0.2) is 41.9 Å². The molecule has 0 unspecified atom stereocenters. The highest BCUT2D eigenvalue weighted by Gasteiger charge is 2.18. The minimum Gasteiger partial charge on any atom is -0.454 e. The molecule has 11 heteroatoms. The summed E-state index contributed by atoms with van der Waals surface area (Å²) in [6.45, 7) is 0.117. The lowest BCUT2D eigenvalue weighted by Crippen LogP contribution is -2.28. The first-order chi connectivity index (χ1) is 16.1. The molecular weight excluding hydrogens is 466 g/mol. The van der Waals surface area contributed by atoms with Crippen molar-refractivity contribution in [2.75, 3.05) is 24.5 Å². The van der Waals surface area contributed by atoms with E-state index in [0.29, 0.717) is 28.8 Å². The Bertz CT molecular complexity index is 1150. The molecule has 0 aliphatic carbocycles. The number of hydrogen-bond donors (Lipinski definition) is 2. The normalized spacial score (nSPS) is 11.6. The van der Waals surface area contributed by atoms with Crippen molar-refractivity contribution in [1.29, 1.82) is 0 Å². The van der Waals surface area contributed by atoms with Gasteiger partial charge in [-0.15, -0.1) is 11.3 Å². The van der Waals surface area contributed by atoms with E-state index in [0.717, 1.165) is 16.6 Å². The molecule has 1 aromatic carbocycles. The third kappa shape index (κ3) is 6.24. The zero-order chi connectivity index (χ0) is 23.0. The number of amides is 2. The molecule has 33 heavy (non-hydrogen) atoms. The molecule has 2 N–H and O–H groups in total. The fraction of sp³-hybridized carbons (Fsp3) is 0.182. The van der Waals surface area contributed by atoms with Gasteiger partial charge in [-0.25, -0.2) is 9.78 Å². The second-order valence-electron chi connectivity index (χ2n) is 6.69. The highest BCUT2D eigenvalue weighted by molar-refractivity contribution is 8.00. The lowest BCUT2D eigenvalue weighted by molar-refractivity contribution is -0.124. The number of thioether (sulfide) groups is 1. The fourth-order valence-electron chi connectivity index (χ4n) is 2.83. The van der Waals surface area contributed by atoms with Gasteiger partial charge in [-0.3, -0.25) is 9.59 Å². The van der Waals surface area contributed by atoms with Gasteiger partial charge in [0.25, 0.3) is 5.91 Å². The predicted molar refractivity (Wildman–Crippen MR) is 123 cm³/mol. The van der Waals surface area contributed by atoms with Gasteiger partial charge in [-0.2, -0.15) is 0 Å². The van der Waals surface area contributed by atoms with Crippen molar-refractivity contribution in [3.05, 3.63) is 64.5 Å². The predicted octanol–water partition coefficient (Wildman–Crippen LogP) is 3.08. The number of benzene rings is 1. The minimum atomic E-state index is -0.687. The van der Waals surface area contributed by atoms with Gasteiger partial charge >= 0.3 is 5.97 Å². The Hall–Kier alpha value is -3.57. The van der Waals surface area contributed by atoms with E-state index >= 15 is 0 Å². The van der Waals surface area contributed by atoms with Crippen molar-refractivity contribution in [1.82, 2.24) is 10.3 Å². The van der Waals surface area contributed by atoms with Gasteiger partial charge < -0.3 is 24.8 Å². The van der Waals surface area contributed by atoms with Crippen LogP contribution in [0.3, 0.4) is 0 Å². The molecule has 0 spiro atoms. The second kappa shape index (κ2) is 10.8. The summed E-state index contributed by atoms with van der Waals surface area (Å²) in [5.41, 5.74) is 0.753. The van der Waals surface area contributed by atoms with Crippen molar-refractivity contribution in [2.24, 2.45) is 0 Å². The summed E-state index contributed by atoms with van der Waals surface area (Å²) in [7, 11) is 0. The van der Waals surface area contributed by atoms with Gasteiger partial charge in [0.1, 0.15) is 5.03 Å². The van der Waals surface area contributed by atoms with Crippen LogP contribution in [-0.2, 0) is 20.9 Å². The SMILES string of the molecule is O=C(COC(=O)c1cccnc1SCC(=O)Nc1ccc2c(c1)OCO2)NCc1cccs1. The number of rotatable bonds is 9. The van der Waals surface area contributed by atoms with E-state index < -0.39 is 18.5 Å². The van der Waals surface area contributed by atoms with Crippen molar-refractivity contribution in [3.63, 3.8) is 0 Å². The van der Waals surface area contributed by atoms with Gasteiger partial charge in [0.15, 0.2) is 18.1 Å². The monoisotopic (exact) mass is 485 g/mol. The molecule has 4 rings (SSSR count). The standard InChI is InChI=1S/C22H19N3O6S2/c26-19(24-10-15-3-2-8-32-15)11-29-22(28)16-4-1-7-23-21(16)33-12-20(27)25-14-5-6-17-18(9-14)31-13-30-17/h1-9H,10-13H2,(H,24,26)(H,25,27). The summed E-state index contributed by atoms with van der Waals surface area (Å²) in [5, 5.41) is 7.70. The molecule has 9 nitrogen and oxygen atoms in total. The smallest absolute Gasteiger partial charge is 0.341 e. The fourth-order valence-corrected chi connectivity index (χ4v) is 4.25. The number of fused-ring (bicyclic) bond motifs is 1. The molecule has 3 heterocycles. The van der Waals surface area contributed by atoms with Crippen LogP contribution in [0.15, 0.2) is 59.1 Å². The molecule has 0 saturated carbocycles. The quantitative estimate of drug-likeness (QED) is 0.351. The zero-order valence-electron chi connectivity index (χ0n) is 17.2. The Morgan fingerprint density at radius 3 is 2.82 bits per heavy atom. The van der Waals surface area contributed by atoms with Gasteiger partial charge in [0.2, 0.25) is 12.7 Å². The van der Waals surface area contributed by atoms with Crippen LogP contribution in [0.5, 0.6) is 11.5 Å². The molecule has 1 aliphatic rings. The number of aromatic nitrogens is 1. The molecule has 0 fully saturated rings. The van der Waals surface area contributed by atoms with E-state index in [9.17, 15) is 14.4 Å². The first-order valence-electron chi connectivity index (χ1n) is 9.82. The Kier molecular flexibility index (Phi) is 7.43. The molecule has 1 aliphatic heterocycles. The van der Waals surface area contributed by atoms with Crippen LogP contribution in [0.1, 0.15) is 15.2 Å².